The quantitative estimate of drug-likeness (QED) is 0.399. The Morgan fingerprint density at radius 1 is 0.938 bits per heavy atom. The molecule has 2 saturated carbocycles. The Hall–Kier alpha value is -3.41. The van der Waals surface area contributed by atoms with E-state index in [4.69, 9.17) is 9.47 Å². The van der Waals surface area contributed by atoms with E-state index in [1.54, 1.807) is 55.6 Å². The maximum Gasteiger partial charge on any atom is 0.238 e. The van der Waals surface area contributed by atoms with Gasteiger partial charge in [0.2, 0.25) is 11.8 Å². The van der Waals surface area contributed by atoms with Gasteiger partial charge in [-0.2, -0.15) is 0 Å². The highest BCUT2D eigenvalue weighted by atomic mass is 16.5. The van der Waals surface area contributed by atoms with Crippen LogP contribution in [0.4, 0.5) is 5.69 Å². The number of hydrogen-bond acceptors (Lipinski definition) is 5. The van der Waals surface area contributed by atoms with Gasteiger partial charge in [0.15, 0.2) is 12.4 Å². The minimum absolute atomic E-state index is 0.102. The summed E-state index contributed by atoms with van der Waals surface area (Å²) in [5.41, 5.74) is 1.00. The standard InChI is InChI=1S/C26H23NO5/c1-31-16-6-2-4-14(10-16)22(28)13-32-17-7-3-5-15(11-17)27-25(29)23-18-8-9-19(21-12-20(18)21)24(23)26(27)30/h2-11,18-21,23-24H,12-13H2,1H3/t18-,19-,20-,21-,23+,24+/m0/s1. The van der Waals surface area contributed by atoms with Crippen LogP contribution in [0.2, 0.25) is 0 Å². The number of hydrogen-bond donors (Lipinski definition) is 0. The minimum atomic E-state index is -0.236. The summed E-state index contributed by atoms with van der Waals surface area (Å²) in [7, 11) is 1.55. The zero-order chi connectivity index (χ0) is 22.0. The molecule has 2 aromatic rings. The van der Waals surface area contributed by atoms with Gasteiger partial charge in [0.25, 0.3) is 0 Å². The van der Waals surface area contributed by atoms with E-state index >= 15 is 0 Å². The molecule has 6 nitrogen and oxygen atoms in total. The molecule has 5 aliphatic rings. The van der Waals surface area contributed by atoms with Gasteiger partial charge in [0.05, 0.1) is 24.6 Å². The number of rotatable bonds is 6. The molecule has 2 aromatic carbocycles. The highest BCUT2D eigenvalue weighted by molar-refractivity contribution is 6.22. The van der Waals surface area contributed by atoms with Gasteiger partial charge in [-0.1, -0.05) is 30.4 Å². The van der Waals surface area contributed by atoms with Crippen LogP contribution in [0.5, 0.6) is 11.5 Å². The number of allylic oxidation sites excluding steroid dienone is 2. The number of ether oxygens (including phenoxy) is 2. The molecule has 32 heavy (non-hydrogen) atoms. The number of carbonyl (C=O) groups excluding carboxylic acids is 3. The van der Waals surface area contributed by atoms with Gasteiger partial charge in [-0.3, -0.25) is 14.4 Å². The predicted octanol–water partition coefficient (Wildman–Crippen LogP) is 3.51. The average Bonchev–Trinajstić information content (AvgIpc) is 3.61. The molecule has 4 aliphatic carbocycles. The van der Waals surface area contributed by atoms with Crippen molar-refractivity contribution < 1.29 is 23.9 Å². The number of carbonyl (C=O) groups is 3. The number of ketones is 1. The minimum Gasteiger partial charge on any atom is -0.497 e. The summed E-state index contributed by atoms with van der Waals surface area (Å²) in [5.74, 6) is 1.71. The van der Waals surface area contributed by atoms with Crippen molar-refractivity contribution in [3.63, 3.8) is 0 Å². The summed E-state index contributed by atoms with van der Waals surface area (Å²) in [6, 6.07) is 13.8. The number of anilines is 1. The molecule has 0 spiro atoms. The maximum atomic E-state index is 13.3. The van der Waals surface area contributed by atoms with Crippen molar-refractivity contribution in [1.29, 1.82) is 0 Å². The molecule has 7 rings (SSSR count). The van der Waals surface area contributed by atoms with Crippen molar-refractivity contribution in [2.75, 3.05) is 18.6 Å². The Morgan fingerprint density at radius 2 is 1.59 bits per heavy atom. The molecule has 0 unspecified atom stereocenters. The fourth-order valence-corrected chi connectivity index (χ4v) is 5.95. The van der Waals surface area contributed by atoms with Crippen LogP contribution in [0.3, 0.4) is 0 Å². The molecule has 2 bridgehead atoms. The SMILES string of the molecule is COc1cccc(C(=O)COc2cccc(N3C(=O)[C@@H]4[C@H]5C=C[C@@H]([C@@H]6C[C@@H]56)[C@H]4C3=O)c2)c1. The van der Waals surface area contributed by atoms with E-state index in [1.165, 1.54) is 4.90 Å². The summed E-state index contributed by atoms with van der Waals surface area (Å²) in [6.45, 7) is -0.152. The number of benzene rings is 2. The fraction of sp³-hybridized carbons (Fsp3) is 0.346. The first-order chi connectivity index (χ1) is 15.6. The third kappa shape index (κ3) is 2.82. The average molecular weight is 429 g/mol. The third-order valence-electron chi connectivity index (χ3n) is 7.50. The molecule has 6 heteroatoms. The Labute approximate surface area is 185 Å². The van der Waals surface area contributed by atoms with Crippen LogP contribution >= 0.6 is 0 Å². The van der Waals surface area contributed by atoms with E-state index < -0.39 is 0 Å². The highest BCUT2D eigenvalue weighted by Gasteiger charge is 2.67. The Balaban J connectivity index is 1.20. The molecule has 1 heterocycles. The summed E-state index contributed by atoms with van der Waals surface area (Å²) < 4.78 is 10.9. The van der Waals surface area contributed by atoms with E-state index in [2.05, 4.69) is 12.2 Å². The Morgan fingerprint density at radius 3 is 2.28 bits per heavy atom. The summed E-state index contributed by atoms with van der Waals surface area (Å²) >= 11 is 0. The van der Waals surface area contributed by atoms with E-state index in [9.17, 15) is 14.4 Å². The molecule has 0 N–H and O–H groups in total. The number of imide groups is 1. The van der Waals surface area contributed by atoms with Crippen LogP contribution in [-0.4, -0.2) is 31.3 Å². The smallest absolute Gasteiger partial charge is 0.238 e. The monoisotopic (exact) mass is 429 g/mol. The van der Waals surface area contributed by atoms with Gasteiger partial charge in [-0.05, 0) is 54.4 Å². The van der Waals surface area contributed by atoms with Gasteiger partial charge in [-0.25, -0.2) is 4.90 Å². The zero-order valence-electron chi connectivity index (χ0n) is 17.6. The predicted molar refractivity (Wildman–Crippen MR) is 116 cm³/mol. The molecule has 3 fully saturated rings. The molecule has 1 saturated heterocycles. The molecule has 162 valence electrons. The van der Waals surface area contributed by atoms with Gasteiger partial charge >= 0.3 is 0 Å². The summed E-state index contributed by atoms with van der Waals surface area (Å²) in [6.07, 6.45) is 5.47. The molecular weight excluding hydrogens is 406 g/mol. The topological polar surface area (TPSA) is 72.9 Å². The van der Waals surface area contributed by atoms with Crippen molar-refractivity contribution in [2.45, 2.75) is 6.42 Å². The first-order valence-corrected chi connectivity index (χ1v) is 11.0. The number of methoxy groups -OCH3 is 1. The van der Waals surface area contributed by atoms with Gasteiger partial charge in [0, 0.05) is 11.6 Å². The lowest BCUT2D eigenvalue weighted by Crippen LogP contribution is -2.40. The summed E-state index contributed by atoms with van der Waals surface area (Å²) in [4.78, 5) is 40.4. The fourth-order valence-electron chi connectivity index (χ4n) is 5.95. The second-order valence-electron chi connectivity index (χ2n) is 9.11. The van der Waals surface area contributed by atoms with E-state index in [0.29, 0.717) is 34.6 Å². The molecule has 2 amide bonds. The first kappa shape index (κ1) is 19.3. The lowest BCUT2D eigenvalue weighted by atomic mass is 9.63. The van der Waals surface area contributed by atoms with Crippen molar-refractivity contribution in [3.05, 3.63) is 66.2 Å². The number of nitrogens with zero attached hydrogens (tertiary/aromatic N) is 1. The van der Waals surface area contributed by atoms with Gasteiger partial charge in [-0.15, -0.1) is 0 Å². The van der Waals surface area contributed by atoms with Crippen molar-refractivity contribution in [3.8, 4) is 11.5 Å². The zero-order valence-corrected chi connectivity index (χ0v) is 17.6. The van der Waals surface area contributed by atoms with Crippen LogP contribution in [-0.2, 0) is 9.59 Å². The lowest BCUT2D eigenvalue weighted by molar-refractivity contribution is -0.124. The third-order valence-corrected chi connectivity index (χ3v) is 7.50. The van der Waals surface area contributed by atoms with Crippen LogP contribution in [0.1, 0.15) is 16.8 Å². The second-order valence-corrected chi connectivity index (χ2v) is 9.11. The summed E-state index contributed by atoms with van der Waals surface area (Å²) in [5, 5.41) is 0. The molecule has 0 radical (unpaired) electrons. The van der Waals surface area contributed by atoms with Crippen molar-refractivity contribution >= 4 is 23.3 Å². The first-order valence-electron chi connectivity index (χ1n) is 11.0. The van der Waals surface area contributed by atoms with Crippen LogP contribution < -0.4 is 14.4 Å². The number of amides is 2. The van der Waals surface area contributed by atoms with Crippen LogP contribution in [0.15, 0.2) is 60.7 Å². The maximum absolute atomic E-state index is 13.3. The largest absolute Gasteiger partial charge is 0.497 e. The van der Waals surface area contributed by atoms with E-state index in [0.717, 1.165) is 6.42 Å². The Kier molecular flexibility index (Phi) is 4.25. The molecule has 0 aromatic heterocycles. The van der Waals surface area contributed by atoms with Crippen molar-refractivity contribution in [1.82, 2.24) is 0 Å². The van der Waals surface area contributed by atoms with Gasteiger partial charge < -0.3 is 9.47 Å². The normalized spacial score (nSPS) is 31.3. The molecule has 1 aliphatic heterocycles. The van der Waals surface area contributed by atoms with Crippen molar-refractivity contribution in [2.24, 2.45) is 35.5 Å². The molecular formula is C26H23NO5. The highest BCUT2D eigenvalue weighted by Crippen LogP contribution is 2.65. The van der Waals surface area contributed by atoms with Gasteiger partial charge in [0.1, 0.15) is 11.5 Å². The number of Topliss-reactive ketones (excluding diaryl/α,β-unsaturated/α-hetero) is 1. The van der Waals surface area contributed by atoms with Crippen LogP contribution in [0.25, 0.3) is 0 Å². The van der Waals surface area contributed by atoms with Crippen LogP contribution in [0, 0.1) is 35.5 Å². The second kappa shape index (κ2) is 7.05. The Bertz CT molecular complexity index is 1130. The lowest BCUT2D eigenvalue weighted by Gasteiger charge is -2.37. The molecule has 6 atom stereocenters. The van der Waals surface area contributed by atoms with E-state index in [-0.39, 0.29) is 47.9 Å². The van der Waals surface area contributed by atoms with E-state index in [1.807, 2.05) is 0 Å².